The number of esters is 1. The Hall–Kier alpha value is -1.43. The van der Waals surface area contributed by atoms with E-state index in [0.29, 0.717) is 18.4 Å². The number of methoxy groups -OCH3 is 1. The topological polar surface area (TPSA) is 90.9 Å². The third-order valence-corrected chi connectivity index (χ3v) is 4.66. The van der Waals surface area contributed by atoms with Crippen LogP contribution in [0.1, 0.15) is 20.3 Å². The van der Waals surface area contributed by atoms with Crippen LogP contribution in [0.15, 0.2) is 24.3 Å². The number of ether oxygens (including phenoxy) is 1. The van der Waals surface area contributed by atoms with Crippen molar-refractivity contribution in [1.82, 2.24) is 5.32 Å². The maximum Gasteiger partial charge on any atom is 0.334 e. The van der Waals surface area contributed by atoms with E-state index in [2.05, 4.69) is 16.6 Å². The summed E-state index contributed by atoms with van der Waals surface area (Å²) in [4.78, 5) is 22.2. The van der Waals surface area contributed by atoms with Crippen LogP contribution in [0.2, 0.25) is 0 Å². The van der Waals surface area contributed by atoms with Crippen LogP contribution in [0, 0.1) is 0 Å². The fraction of sp³-hybridized carbons (Fsp3) is 0.571. The smallest absolute Gasteiger partial charge is 0.334 e. The molecule has 0 aromatic rings. The molecule has 0 fully saturated rings. The summed E-state index contributed by atoms with van der Waals surface area (Å²) in [6, 6.07) is -0.964. The van der Waals surface area contributed by atoms with Crippen molar-refractivity contribution in [2.24, 2.45) is 0 Å². The van der Waals surface area contributed by atoms with Crippen molar-refractivity contribution in [1.29, 1.82) is 0 Å². The average Bonchev–Trinajstić information content (AvgIpc) is 2.46. The highest BCUT2D eigenvalue weighted by Crippen LogP contribution is 2.49. The molecule has 1 atom stereocenters. The second kappa shape index (κ2) is 11.2. The summed E-state index contributed by atoms with van der Waals surface area (Å²) in [5.41, 5.74) is 0.602. The Balaban J connectivity index is 5.34. The van der Waals surface area contributed by atoms with Gasteiger partial charge in [0.25, 0.3) is 0 Å². The zero-order valence-corrected chi connectivity index (χ0v) is 14.1. The summed E-state index contributed by atoms with van der Waals surface area (Å²) >= 11 is 0. The van der Waals surface area contributed by atoms with Gasteiger partial charge in [-0.2, -0.15) is 0 Å². The SMILES string of the molecule is C=CCC(=CC(NC=O)C(=O)OC)CP(=O)(OCC)OCC. The third kappa shape index (κ3) is 7.54. The molecule has 0 rings (SSSR count). The van der Waals surface area contributed by atoms with Gasteiger partial charge in [0.2, 0.25) is 6.41 Å². The Morgan fingerprint density at radius 2 is 1.91 bits per heavy atom. The Kier molecular flexibility index (Phi) is 10.5. The van der Waals surface area contributed by atoms with Crippen molar-refractivity contribution >= 4 is 20.0 Å². The summed E-state index contributed by atoms with van der Waals surface area (Å²) < 4.78 is 27.6. The molecule has 0 aliphatic heterocycles. The van der Waals surface area contributed by atoms with Gasteiger partial charge in [0, 0.05) is 0 Å². The van der Waals surface area contributed by atoms with Crippen LogP contribution in [0.5, 0.6) is 0 Å². The van der Waals surface area contributed by atoms with Gasteiger partial charge in [-0.3, -0.25) is 9.36 Å². The normalized spacial score (nSPS) is 13.3. The molecule has 0 bridgehead atoms. The molecule has 1 amide bonds. The number of amides is 1. The van der Waals surface area contributed by atoms with Crippen molar-refractivity contribution in [3.63, 3.8) is 0 Å². The summed E-state index contributed by atoms with van der Waals surface area (Å²) in [5.74, 6) is -0.628. The Bertz CT molecular complexity index is 439. The van der Waals surface area contributed by atoms with Crippen LogP contribution in [-0.4, -0.2) is 44.9 Å². The zero-order valence-electron chi connectivity index (χ0n) is 13.2. The van der Waals surface area contributed by atoms with Crippen LogP contribution < -0.4 is 5.32 Å². The Labute approximate surface area is 131 Å². The molecule has 7 nitrogen and oxygen atoms in total. The first-order valence-electron chi connectivity index (χ1n) is 6.92. The summed E-state index contributed by atoms with van der Waals surface area (Å²) in [7, 11) is -2.09. The van der Waals surface area contributed by atoms with E-state index < -0.39 is 19.6 Å². The monoisotopic (exact) mass is 333 g/mol. The summed E-state index contributed by atoms with van der Waals surface area (Å²) in [6.07, 6.45) is 3.86. The van der Waals surface area contributed by atoms with Crippen LogP contribution in [0.25, 0.3) is 0 Å². The molecule has 1 unspecified atom stereocenters. The van der Waals surface area contributed by atoms with Crippen LogP contribution >= 0.6 is 7.60 Å². The van der Waals surface area contributed by atoms with Gasteiger partial charge < -0.3 is 19.1 Å². The highest BCUT2D eigenvalue weighted by atomic mass is 31.2. The zero-order chi connectivity index (χ0) is 17.0. The van der Waals surface area contributed by atoms with Crippen molar-refractivity contribution in [2.45, 2.75) is 26.3 Å². The lowest BCUT2D eigenvalue weighted by Crippen LogP contribution is -2.35. The van der Waals surface area contributed by atoms with Gasteiger partial charge in [-0.1, -0.05) is 17.7 Å². The quantitative estimate of drug-likeness (QED) is 0.254. The number of carbonyl (C=O) groups is 2. The van der Waals surface area contributed by atoms with E-state index in [1.54, 1.807) is 19.9 Å². The number of carbonyl (C=O) groups excluding carboxylic acids is 2. The number of nitrogens with one attached hydrogen (secondary N) is 1. The van der Waals surface area contributed by atoms with E-state index in [-0.39, 0.29) is 19.4 Å². The number of hydrogen-bond acceptors (Lipinski definition) is 6. The molecule has 0 saturated carbocycles. The molecule has 1 N–H and O–H groups in total. The lowest BCUT2D eigenvalue weighted by atomic mass is 10.1. The maximum absolute atomic E-state index is 12.6. The van der Waals surface area contributed by atoms with Gasteiger partial charge >= 0.3 is 13.6 Å². The molecule has 0 saturated heterocycles. The standard InChI is InChI=1S/C14H24NO6P/c1-5-8-12(9-13(15-11-16)14(17)19-4)10-22(18,20-6-2)21-7-3/h5,9,11,13H,1,6-8,10H2,2-4H3,(H,15,16). The van der Waals surface area contributed by atoms with Crippen LogP contribution in [-0.2, 0) is 27.9 Å². The van der Waals surface area contributed by atoms with E-state index in [0.717, 1.165) is 0 Å². The Morgan fingerprint density at radius 1 is 1.32 bits per heavy atom. The van der Waals surface area contributed by atoms with Gasteiger partial charge in [-0.15, -0.1) is 6.58 Å². The first-order chi connectivity index (χ1) is 10.5. The fourth-order valence-corrected chi connectivity index (χ4v) is 3.54. The lowest BCUT2D eigenvalue weighted by molar-refractivity contribution is -0.142. The molecule has 22 heavy (non-hydrogen) atoms. The van der Waals surface area contributed by atoms with Crippen molar-refractivity contribution < 1.29 is 27.9 Å². The highest BCUT2D eigenvalue weighted by Gasteiger charge is 2.26. The molecular formula is C14H24NO6P. The fourth-order valence-electron chi connectivity index (χ4n) is 1.76. The molecule has 0 aliphatic rings. The summed E-state index contributed by atoms with van der Waals surface area (Å²) in [6.45, 7) is 7.54. The van der Waals surface area contributed by atoms with E-state index in [4.69, 9.17) is 9.05 Å². The first-order valence-corrected chi connectivity index (χ1v) is 8.65. The molecule has 0 aliphatic carbocycles. The summed E-state index contributed by atoms with van der Waals surface area (Å²) in [5, 5.41) is 2.33. The second-order valence-electron chi connectivity index (χ2n) is 4.21. The number of rotatable bonds is 12. The minimum absolute atomic E-state index is 0.00866. The second-order valence-corrected chi connectivity index (χ2v) is 6.26. The average molecular weight is 333 g/mol. The molecule has 0 radical (unpaired) electrons. The molecule has 126 valence electrons. The van der Waals surface area contributed by atoms with Crippen molar-refractivity contribution in [3.05, 3.63) is 24.3 Å². The predicted octanol–water partition coefficient (Wildman–Crippen LogP) is 2.04. The maximum atomic E-state index is 12.6. The van der Waals surface area contributed by atoms with Crippen LogP contribution in [0.4, 0.5) is 0 Å². The third-order valence-electron chi connectivity index (χ3n) is 2.56. The Morgan fingerprint density at radius 3 is 2.32 bits per heavy atom. The number of allylic oxidation sites excluding steroid dienone is 2. The molecule has 8 heteroatoms. The molecule has 0 aromatic carbocycles. The van der Waals surface area contributed by atoms with Crippen LogP contribution in [0.3, 0.4) is 0 Å². The molecular weight excluding hydrogens is 309 g/mol. The molecule has 0 heterocycles. The highest BCUT2D eigenvalue weighted by molar-refractivity contribution is 7.54. The van der Waals surface area contributed by atoms with E-state index in [1.165, 1.54) is 13.2 Å². The lowest BCUT2D eigenvalue weighted by Gasteiger charge is -2.19. The van der Waals surface area contributed by atoms with Crippen molar-refractivity contribution in [3.8, 4) is 0 Å². The van der Waals surface area contributed by atoms with Gasteiger partial charge in [0.1, 0.15) is 6.04 Å². The van der Waals surface area contributed by atoms with E-state index >= 15 is 0 Å². The van der Waals surface area contributed by atoms with Gasteiger partial charge in [0.15, 0.2) is 0 Å². The minimum atomic E-state index is -3.30. The van der Waals surface area contributed by atoms with E-state index in [1.807, 2.05) is 0 Å². The van der Waals surface area contributed by atoms with Gasteiger partial charge in [-0.05, 0) is 20.3 Å². The van der Waals surface area contributed by atoms with Gasteiger partial charge in [0.05, 0.1) is 26.5 Å². The van der Waals surface area contributed by atoms with Crippen molar-refractivity contribution in [2.75, 3.05) is 26.5 Å². The van der Waals surface area contributed by atoms with E-state index in [9.17, 15) is 14.2 Å². The van der Waals surface area contributed by atoms with Gasteiger partial charge in [-0.25, -0.2) is 4.79 Å². The molecule has 0 spiro atoms. The number of hydrogen-bond donors (Lipinski definition) is 1. The minimum Gasteiger partial charge on any atom is -0.467 e. The largest absolute Gasteiger partial charge is 0.467 e. The molecule has 0 aromatic heterocycles. The first kappa shape index (κ1) is 20.6. The predicted molar refractivity (Wildman–Crippen MR) is 83.6 cm³/mol.